The van der Waals surface area contributed by atoms with Gasteiger partial charge < -0.3 is 5.32 Å². The summed E-state index contributed by atoms with van der Waals surface area (Å²) < 4.78 is 1.81. The molecular weight excluding hydrogens is 340 g/mol. The van der Waals surface area contributed by atoms with E-state index in [-0.39, 0.29) is 11.9 Å². The lowest BCUT2D eigenvalue weighted by molar-refractivity contribution is 0.0937. The molecule has 0 fully saturated rings. The van der Waals surface area contributed by atoms with Gasteiger partial charge in [0.1, 0.15) is 23.9 Å². The van der Waals surface area contributed by atoms with Crippen LogP contribution in [-0.2, 0) is 6.54 Å². The van der Waals surface area contributed by atoms with Gasteiger partial charge in [0.05, 0.1) is 6.04 Å². The van der Waals surface area contributed by atoms with Crippen LogP contribution in [0.2, 0.25) is 0 Å². The zero-order chi connectivity index (χ0) is 19.2. The van der Waals surface area contributed by atoms with E-state index in [1.54, 1.807) is 18.3 Å². The maximum absolute atomic E-state index is 12.7. The van der Waals surface area contributed by atoms with Gasteiger partial charge in [-0.15, -0.1) is 0 Å². The molecule has 0 saturated heterocycles. The van der Waals surface area contributed by atoms with Crippen molar-refractivity contribution in [3.63, 3.8) is 0 Å². The van der Waals surface area contributed by atoms with E-state index in [2.05, 4.69) is 27.3 Å². The lowest BCUT2D eigenvalue weighted by Crippen LogP contribution is -2.29. The van der Waals surface area contributed by atoms with Crippen LogP contribution in [0.1, 0.15) is 48.2 Å². The van der Waals surface area contributed by atoms with Gasteiger partial charge in [0.25, 0.3) is 5.91 Å². The number of nitrogens with one attached hydrogen (secondary N) is 1. The molecule has 0 radical (unpaired) electrons. The topological polar surface area (TPSA) is 96.5 Å². The van der Waals surface area contributed by atoms with Crippen molar-refractivity contribution in [3.05, 3.63) is 66.0 Å². The van der Waals surface area contributed by atoms with Crippen molar-refractivity contribution in [3.8, 4) is 17.2 Å². The number of carbonyl (C=O) groups is 1. The number of nitrogens with zero attached hydrogens (tertiary/aromatic N) is 5. The summed E-state index contributed by atoms with van der Waals surface area (Å²) in [5.41, 5.74) is 2.61. The van der Waals surface area contributed by atoms with E-state index in [0.717, 1.165) is 29.9 Å². The predicted molar refractivity (Wildman–Crippen MR) is 101 cm³/mol. The summed E-state index contributed by atoms with van der Waals surface area (Å²) >= 11 is 0. The minimum absolute atomic E-state index is 0.183. The van der Waals surface area contributed by atoms with Crippen molar-refractivity contribution in [2.75, 3.05) is 0 Å². The van der Waals surface area contributed by atoms with Gasteiger partial charge >= 0.3 is 0 Å². The van der Waals surface area contributed by atoms with Crippen LogP contribution in [0.5, 0.6) is 0 Å². The Morgan fingerprint density at radius 1 is 1.26 bits per heavy atom. The Morgan fingerprint density at radius 2 is 2.11 bits per heavy atom. The third-order valence-electron chi connectivity index (χ3n) is 4.15. The molecule has 136 valence electrons. The molecule has 27 heavy (non-hydrogen) atoms. The summed E-state index contributed by atoms with van der Waals surface area (Å²) in [5.74, 6) is 0.551. The van der Waals surface area contributed by atoms with E-state index in [0.29, 0.717) is 11.3 Å². The lowest BCUT2D eigenvalue weighted by Gasteiger charge is -2.15. The number of pyridine rings is 1. The lowest BCUT2D eigenvalue weighted by atomic mass is 10.0. The standard InChI is InChI=1S/C20H20N6O/c1-3-9-26-19(23-13-24-26)14(2)25-20(27)16-6-4-5-15(10-16)17-7-8-18(11-21)22-12-17/h4-8,10,12-14H,3,9H2,1-2H3,(H,25,27)/t14-/m1/s1. The quantitative estimate of drug-likeness (QED) is 0.728. The van der Waals surface area contributed by atoms with Crippen molar-refractivity contribution in [1.29, 1.82) is 5.26 Å². The summed E-state index contributed by atoms with van der Waals surface area (Å²) in [4.78, 5) is 21.0. The van der Waals surface area contributed by atoms with Crippen LogP contribution in [-0.4, -0.2) is 25.7 Å². The minimum Gasteiger partial charge on any atom is -0.342 e. The highest BCUT2D eigenvalue weighted by atomic mass is 16.1. The molecule has 0 spiro atoms. The van der Waals surface area contributed by atoms with E-state index in [9.17, 15) is 4.79 Å². The molecular formula is C20H20N6O. The van der Waals surface area contributed by atoms with Crippen LogP contribution in [0.3, 0.4) is 0 Å². The van der Waals surface area contributed by atoms with Gasteiger partial charge in [-0.1, -0.05) is 19.1 Å². The van der Waals surface area contributed by atoms with E-state index in [4.69, 9.17) is 5.26 Å². The van der Waals surface area contributed by atoms with Crippen molar-refractivity contribution >= 4 is 5.91 Å². The number of hydrogen-bond donors (Lipinski definition) is 1. The van der Waals surface area contributed by atoms with Gasteiger partial charge in [-0.25, -0.2) is 14.6 Å². The van der Waals surface area contributed by atoms with Crippen LogP contribution in [0.15, 0.2) is 48.9 Å². The number of aryl methyl sites for hydroxylation is 1. The first-order valence-corrected chi connectivity index (χ1v) is 8.77. The van der Waals surface area contributed by atoms with Crippen molar-refractivity contribution in [2.24, 2.45) is 0 Å². The molecule has 7 heteroatoms. The molecule has 3 aromatic rings. The molecule has 7 nitrogen and oxygen atoms in total. The van der Waals surface area contributed by atoms with Gasteiger partial charge in [-0.05, 0) is 43.2 Å². The summed E-state index contributed by atoms with van der Waals surface area (Å²) in [6, 6.07) is 12.5. The van der Waals surface area contributed by atoms with Gasteiger partial charge in [0.2, 0.25) is 0 Å². The summed E-state index contributed by atoms with van der Waals surface area (Å²) in [6.07, 6.45) is 4.08. The monoisotopic (exact) mass is 360 g/mol. The summed E-state index contributed by atoms with van der Waals surface area (Å²) in [5, 5.41) is 16.0. The maximum atomic E-state index is 12.7. The minimum atomic E-state index is -0.258. The van der Waals surface area contributed by atoms with Crippen LogP contribution >= 0.6 is 0 Å². The van der Waals surface area contributed by atoms with E-state index >= 15 is 0 Å². The Bertz CT molecular complexity index is 971. The molecule has 0 aliphatic heterocycles. The zero-order valence-electron chi connectivity index (χ0n) is 15.3. The van der Waals surface area contributed by atoms with Crippen LogP contribution < -0.4 is 5.32 Å². The van der Waals surface area contributed by atoms with Gasteiger partial charge in [0, 0.05) is 23.9 Å². The Kier molecular flexibility index (Phi) is 5.57. The zero-order valence-corrected chi connectivity index (χ0v) is 15.3. The molecule has 1 N–H and O–H groups in total. The second kappa shape index (κ2) is 8.23. The van der Waals surface area contributed by atoms with Crippen LogP contribution in [0.4, 0.5) is 0 Å². The largest absolute Gasteiger partial charge is 0.342 e. The highest BCUT2D eigenvalue weighted by molar-refractivity contribution is 5.95. The van der Waals surface area contributed by atoms with Crippen molar-refractivity contribution in [1.82, 2.24) is 25.1 Å². The molecule has 0 aliphatic rings. The fourth-order valence-electron chi connectivity index (χ4n) is 2.81. The molecule has 1 aromatic carbocycles. The summed E-state index contributed by atoms with van der Waals surface area (Å²) in [7, 11) is 0. The Morgan fingerprint density at radius 3 is 2.81 bits per heavy atom. The maximum Gasteiger partial charge on any atom is 0.251 e. The van der Waals surface area contributed by atoms with E-state index in [1.165, 1.54) is 6.33 Å². The molecule has 0 bridgehead atoms. The highest BCUT2D eigenvalue weighted by Crippen LogP contribution is 2.20. The normalized spacial score (nSPS) is 11.6. The molecule has 2 aromatic heterocycles. The first-order chi connectivity index (χ1) is 13.1. The van der Waals surface area contributed by atoms with Gasteiger partial charge in [-0.3, -0.25) is 4.79 Å². The third kappa shape index (κ3) is 4.18. The van der Waals surface area contributed by atoms with E-state index in [1.807, 2.05) is 41.9 Å². The molecule has 0 saturated carbocycles. The molecule has 0 aliphatic carbocycles. The number of rotatable bonds is 6. The molecule has 3 rings (SSSR count). The molecule has 0 unspecified atom stereocenters. The van der Waals surface area contributed by atoms with Crippen LogP contribution in [0, 0.1) is 11.3 Å². The SMILES string of the molecule is CCCn1ncnc1[C@@H](C)NC(=O)c1cccc(-c2ccc(C#N)nc2)c1. The van der Waals surface area contributed by atoms with Crippen LogP contribution in [0.25, 0.3) is 11.1 Å². The number of benzene rings is 1. The fraction of sp³-hybridized carbons (Fsp3) is 0.250. The predicted octanol–water partition coefficient (Wildman–Crippen LogP) is 3.11. The van der Waals surface area contributed by atoms with E-state index < -0.39 is 0 Å². The number of aromatic nitrogens is 4. The second-order valence-electron chi connectivity index (χ2n) is 6.16. The fourth-order valence-corrected chi connectivity index (χ4v) is 2.81. The molecule has 1 amide bonds. The first kappa shape index (κ1) is 18.3. The van der Waals surface area contributed by atoms with Gasteiger partial charge in [0.15, 0.2) is 0 Å². The van der Waals surface area contributed by atoms with Crippen molar-refractivity contribution in [2.45, 2.75) is 32.9 Å². The Labute approximate surface area is 157 Å². The van der Waals surface area contributed by atoms with Crippen molar-refractivity contribution < 1.29 is 4.79 Å². The molecule has 2 heterocycles. The third-order valence-corrected chi connectivity index (χ3v) is 4.15. The van der Waals surface area contributed by atoms with Gasteiger partial charge in [-0.2, -0.15) is 10.4 Å². The second-order valence-corrected chi connectivity index (χ2v) is 6.16. The number of amides is 1. The number of nitriles is 1. The smallest absolute Gasteiger partial charge is 0.251 e. The number of carbonyl (C=O) groups excluding carboxylic acids is 1. The Hall–Kier alpha value is -3.53. The average Bonchev–Trinajstić information content (AvgIpc) is 3.17. The average molecular weight is 360 g/mol. The first-order valence-electron chi connectivity index (χ1n) is 8.77. The number of hydrogen-bond acceptors (Lipinski definition) is 5. The summed E-state index contributed by atoms with van der Waals surface area (Å²) in [6.45, 7) is 4.72. The molecule has 1 atom stereocenters. The highest BCUT2D eigenvalue weighted by Gasteiger charge is 2.16. The Balaban J connectivity index is 1.77.